The Morgan fingerprint density at radius 3 is 2.26 bits per heavy atom. The molecule has 1 atom stereocenters. The Labute approximate surface area is 167 Å². The molecule has 144 valence electrons. The first-order valence-corrected chi connectivity index (χ1v) is 8.95. The lowest BCUT2D eigenvalue weighted by atomic mass is 10.3. The molecule has 2 aromatic rings. The normalized spacial score (nSPS) is 11.4. The molecule has 27 heavy (non-hydrogen) atoms. The fraction of sp³-hybridized carbons (Fsp3) is 0.263. The molecular formula is C19H19Cl2NO5. The predicted molar refractivity (Wildman–Crippen MR) is 104 cm³/mol. The standard InChI is InChI=1S/C19H19Cl2NO5/c1-3-25-14-5-7-15(8-6-14)26-11-18(23)27-12(2)19(24)22-17-9-4-13(20)10-16(17)21/h4-10,12H,3,11H2,1-2H3,(H,22,24)/t12-/m0/s1. The van der Waals surface area contributed by atoms with Crippen molar-refractivity contribution in [3.63, 3.8) is 0 Å². The minimum atomic E-state index is -1.02. The number of anilines is 1. The lowest BCUT2D eigenvalue weighted by Crippen LogP contribution is -2.31. The number of hydrogen-bond acceptors (Lipinski definition) is 5. The van der Waals surface area contributed by atoms with E-state index in [1.54, 1.807) is 36.4 Å². The summed E-state index contributed by atoms with van der Waals surface area (Å²) >= 11 is 11.8. The number of nitrogens with one attached hydrogen (secondary N) is 1. The molecule has 0 heterocycles. The smallest absolute Gasteiger partial charge is 0.344 e. The van der Waals surface area contributed by atoms with Crippen LogP contribution in [0.15, 0.2) is 42.5 Å². The van der Waals surface area contributed by atoms with Gasteiger partial charge in [0.05, 0.1) is 17.3 Å². The van der Waals surface area contributed by atoms with Gasteiger partial charge in [-0.25, -0.2) is 4.79 Å². The van der Waals surface area contributed by atoms with E-state index in [1.165, 1.54) is 13.0 Å². The second-order valence-corrected chi connectivity index (χ2v) is 6.28. The summed E-state index contributed by atoms with van der Waals surface area (Å²) in [6.07, 6.45) is -1.02. The molecule has 6 nitrogen and oxygen atoms in total. The van der Waals surface area contributed by atoms with Crippen LogP contribution in [0.1, 0.15) is 13.8 Å². The minimum absolute atomic E-state index is 0.285. The second kappa shape index (κ2) is 10.0. The van der Waals surface area contributed by atoms with Crippen LogP contribution in [-0.2, 0) is 14.3 Å². The van der Waals surface area contributed by atoms with Crippen molar-refractivity contribution in [1.82, 2.24) is 0 Å². The van der Waals surface area contributed by atoms with Crippen LogP contribution in [-0.4, -0.2) is 31.2 Å². The summed E-state index contributed by atoms with van der Waals surface area (Å²) in [6, 6.07) is 11.5. The Kier molecular flexibility index (Phi) is 7.76. The van der Waals surface area contributed by atoms with E-state index in [0.29, 0.717) is 28.8 Å². The van der Waals surface area contributed by atoms with Gasteiger partial charge in [0.2, 0.25) is 0 Å². The number of esters is 1. The quantitative estimate of drug-likeness (QED) is 0.653. The Hall–Kier alpha value is -2.44. The predicted octanol–water partition coefficient (Wildman–Crippen LogP) is 4.34. The first-order chi connectivity index (χ1) is 12.9. The zero-order valence-electron chi connectivity index (χ0n) is 14.8. The largest absolute Gasteiger partial charge is 0.494 e. The number of rotatable bonds is 8. The molecule has 0 spiro atoms. The van der Waals surface area contributed by atoms with Crippen molar-refractivity contribution in [3.8, 4) is 11.5 Å². The van der Waals surface area contributed by atoms with E-state index < -0.39 is 18.0 Å². The average molecular weight is 412 g/mol. The van der Waals surface area contributed by atoms with E-state index in [1.807, 2.05) is 6.92 Å². The van der Waals surface area contributed by atoms with Gasteiger partial charge in [0, 0.05) is 5.02 Å². The molecule has 0 aliphatic rings. The zero-order valence-corrected chi connectivity index (χ0v) is 16.3. The van der Waals surface area contributed by atoms with Crippen molar-refractivity contribution in [2.24, 2.45) is 0 Å². The molecule has 0 saturated carbocycles. The van der Waals surface area contributed by atoms with E-state index in [2.05, 4.69) is 5.32 Å². The molecule has 2 aromatic carbocycles. The molecule has 2 rings (SSSR count). The highest BCUT2D eigenvalue weighted by Gasteiger charge is 2.19. The maximum atomic E-state index is 12.1. The summed E-state index contributed by atoms with van der Waals surface area (Å²) in [6.45, 7) is 3.58. The van der Waals surface area contributed by atoms with Gasteiger partial charge in [0.1, 0.15) is 11.5 Å². The monoisotopic (exact) mass is 411 g/mol. The molecule has 0 unspecified atom stereocenters. The summed E-state index contributed by atoms with van der Waals surface area (Å²) in [5, 5.41) is 3.31. The van der Waals surface area contributed by atoms with Crippen LogP contribution in [0.2, 0.25) is 10.0 Å². The van der Waals surface area contributed by atoms with Crippen LogP contribution in [0.5, 0.6) is 11.5 Å². The van der Waals surface area contributed by atoms with Crippen LogP contribution in [0, 0.1) is 0 Å². The van der Waals surface area contributed by atoms with Crippen molar-refractivity contribution < 1.29 is 23.8 Å². The summed E-state index contributed by atoms with van der Waals surface area (Å²) in [5.41, 5.74) is 0.375. The Balaban J connectivity index is 1.81. The molecule has 0 aromatic heterocycles. The van der Waals surface area contributed by atoms with E-state index in [0.717, 1.165) is 0 Å². The van der Waals surface area contributed by atoms with Crippen molar-refractivity contribution in [1.29, 1.82) is 0 Å². The van der Waals surface area contributed by atoms with Gasteiger partial charge in [0.15, 0.2) is 12.7 Å². The summed E-state index contributed by atoms with van der Waals surface area (Å²) in [7, 11) is 0. The number of hydrogen-bond donors (Lipinski definition) is 1. The molecule has 0 bridgehead atoms. The zero-order chi connectivity index (χ0) is 19.8. The third-order valence-electron chi connectivity index (χ3n) is 3.36. The van der Waals surface area contributed by atoms with Crippen LogP contribution in [0.3, 0.4) is 0 Å². The molecule has 8 heteroatoms. The molecule has 0 radical (unpaired) electrons. The number of halogens is 2. The molecule has 0 aliphatic carbocycles. The summed E-state index contributed by atoms with van der Waals surface area (Å²) in [4.78, 5) is 24.0. The third kappa shape index (κ3) is 6.66. The highest BCUT2D eigenvalue weighted by Crippen LogP contribution is 2.25. The summed E-state index contributed by atoms with van der Waals surface area (Å²) < 4.78 is 15.7. The van der Waals surface area contributed by atoms with Crippen molar-refractivity contribution in [2.75, 3.05) is 18.5 Å². The highest BCUT2D eigenvalue weighted by molar-refractivity contribution is 6.36. The van der Waals surface area contributed by atoms with Crippen LogP contribution in [0.25, 0.3) is 0 Å². The van der Waals surface area contributed by atoms with E-state index >= 15 is 0 Å². The minimum Gasteiger partial charge on any atom is -0.494 e. The van der Waals surface area contributed by atoms with Gasteiger partial charge in [-0.05, 0) is 56.3 Å². The molecule has 0 fully saturated rings. The van der Waals surface area contributed by atoms with Crippen LogP contribution >= 0.6 is 23.2 Å². The van der Waals surface area contributed by atoms with Gasteiger partial charge < -0.3 is 19.5 Å². The molecule has 0 saturated heterocycles. The first kappa shape index (κ1) is 20.9. The number of ether oxygens (including phenoxy) is 3. The van der Waals surface area contributed by atoms with Crippen LogP contribution < -0.4 is 14.8 Å². The van der Waals surface area contributed by atoms with Gasteiger partial charge >= 0.3 is 5.97 Å². The molecule has 1 amide bonds. The molecule has 0 aliphatic heterocycles. The topological polar surface area (TPSA) is 73.9 Å². The Morgan fingerprint density at radius 1 is 1.04 bits per heavy atom. The van der Waals surface area contributed by atoms with E-state index in [9.17, 15) is 9.59 Å². The van der Waals surface area contributed by atoms with E-state index in [4.69, 9.17) is 37.4 Å². The lowest BCUT2D eigenvalue weighted by Gasteiger charge is -2.14. The fourth-order valence-corrected chi connectivity index (χ4v) is 2.51. The SMILES string of the molecule is CCOc1ccc(OCC(=O)O[C@@H](C)C(=O)Nc2ccc(Cl)cc2Cl)cc1. The van der Waals surface area contributed by atoms with Crippen LogP contribution in [0.4, 0.5) is 5.69 Å². The number of amides is 1. The molecule has 1 N–H and O–H groups in total. The van der Waals surface area contributed by atoms with E-state index in [-0.39, 0.29) is 11.6 Å². The second-order valence-electron chi connectivity index (χ2n) is 5.44. The fourth-order valence-electron chi connectivity index (χ4n) is 2.05. The average Bonchev–Trinajstić information content (AvgIpc) is 2.63. The van der Waals surface area contributed by atoms with Crippen molar-refractivity contribution >= 4 is 40.8 Å². The van der Waals surface area contributed by atoms with Gasteiger partial charge in [-0.15, -0.1) is 0 Å². The highest BCUT2D eigenvalue weighted by atomic mass is 35.5. The van der Waals surface area contributed by atoms with Gasteiger partial charge in [-0.1, -0.05) is 23.2 Å². The first-order valence-electron chi connectivity index (χ1n) is 8.20. The van der Waals surface area contributed by atoms with Gasteiger partial charge in [-0.3, -0.25) is 4.79 Å². The third-order valence-corrected chi connectivity index (χ3v) is 3.91. The number of carbonyl (C=O) groups excluding carboxylic acids is 2. The van der Waals surface area contributed by atoms with Gasteiger partial charge in [-0.2, -0.15) is 0 Å². The number of benzene rings is 2. The Bertz CT molecular complexity index is 795. The van der Waals surface area contributed by atoms with Crippen molar-refractivity contribution in [2.45, 2.75) is 20.0 Å². The Morgan fingerprint density at radius 2 is 1.67 bits per heavy atom. The number of carbonyl (C=O) groups is 2. The molecular weight excluding hydrogens is 393 g/mol. The maximum absolute atomic E-state index is 12.1. The van der Waals surface area contributed by atoms with Gasteiger partial charge in [0.25, 0.3) is 5.91 Å². The maximum Gasteiger partial charge on any atom is 0.344 e. The van der Waals surface area contributed by atoms with Crippen molar-refractivity contribution in [3.05, 3.63) is 52.5 Å². The lowest BCUT2D eigenvalue weighted by molar-refractivity contribution is -0.155. The summed E-state index contributed by atoms with van der Waals surface area (Å²) in [5.74, 6) is 0.00131.